The van der Waals surface area contributed by atoms with E-state index in [1.165, 1.54) is 0 Å². The molecule has 0 radical (unpaired) electrons. The average Bonchev–Trinajstić information content (AvgIpc) is 2.57. The molecule has 0 amide bonds. The van der Waals surface area contributed by atoms with Crippen LogP contribution in [0.15, 0.2) is 48.5 Å². The molecule has 3 aromatic rings. The summed E-state index contributed by atoms with van der Waals surface area (Å²) in [5, 5.41) is 4.39. The van der Waals surface area contributed by atoms with Crippen LogP contribution in [0, 0.1) is 6.92 Å². The van der Waals surface area contributed by atoms with Gasteiger partial charge in [0, 0.05) is 23.7 Å². The zero-order chi connectivity index (χ0) is 17.8. The lowest BCUT2D eigenvalue weighted by molar-refractivity contribution is 0.240. The van der Waals surface area contributed by atoms with Crippen molar-refractivity contribution in [3.8, 4) is 17.4 Å². The number of aromatic nitrogens is 1. The summed E-state index contributed by atoms with van der Waals surface area (Å²) in [4.78, 5) is 4.59. The molecule has 25 heavy (non-hydrogen) atoms. The van der Waals surface area contributed by atoms with Gasteiger partial charge in [-0.3, -0.25) is 0 Å². The Balaban J connectivity index is 1.80. The van der Waals surface area contributed by atoms with Crippen molar-refractivity contribution in [2.75, 3.05) is 11.9 Å². The van der Waals surface area contributed by atoms with Crippen LogP contribution in [0.2, 0.25) is 0 Å². The molecule has 3 rings (SSSR count). The Kier molecular flexibility index (Phi) is 5.08. The largest absolute Gasteiger partial charge is 0.491 e. The highest BCUT2D eigenvalue weighted by Gasteiger charge is 2.06. The SMILES string of the molecule is CCNc1ccc2nc(Oc3ccc(OC(C)C)c(C)c3)ccc2c1. The van der Waals surface area contributed by atoms with Crippen LogP contribution in [0.4, 0.5) is 5.69 Å². The first-order valence-corrected chi connectivity index (χ1v) is 8.65. The molecule has 0 saturated carbocycles. The Labute approximate surface area is 148 Å². The molecule has 0 saturated heterocycles. The van der Waals surface area contributed by atoms with Crippen LogP contribution in [0.3, 0.4) is 0 Å². The Morgan fingerprint density at radius 1 is 1.04 bits per heavy atom. The van der Waals surface area contributed by atoms with Gasteiger partial charge in [0.1, 0.15) is 11.5 Å². The second-order valence-corrected chi connectivity index (χ2v) is 6.28. The third-order valence-electron chi connectivity index (χ3n) is 3.78. The molecule has 4 heteroatoms. The fourth-order valence-electron chi connectivity index (χ4n) is 2.67. The fourth-order valence-corrected chi connectivity index (χ4v) is 2.67. The molecule has 0 aliphatic heterocycles. The Morgan fingerprint density at radius 3 is 2.60 bits per heavy atom. The van der Waals surface area contributed by atoms with E-state index in [9.17, 15) is 0 Å². The second-order valence-electron chi connectivity index (χ2n) is 6.28. The number of ether oxygens (including phenoxy) is 2. The second kappa shape index (κ2) is 7.43. The number of nitrogens with zero attached hydrogens (tertiary/aromatic N) is 1. The number of nitrogens with one attached hydrogen (secondary N) is 1. The summed E-state index contributed by atoms with van der Waals surface area (Å²) in [6.07, 6.45) is 0.153. The van der Waals surface area contributed by atoms with Crippen LogP contribution in [0.25, 0.3) is 10.9 Å². The van der Waals surface area contributed by atoms with Gasteiger partial charge in [-0.05, 0) is 75.7 Å². The van der Waals surface area contributed by atoms with E-state index in [-0.39, 0.29) is 6.10 Å². The van der Waals surface area contributed by atoms with Crippen molar-refractivity contribution in [2.45, 2.75) is 33.8 Å². The molecule has 0 fully saturated rings. The lowest BCUT2D eigenvalue weighted by atomic mass is 10.2. The van der Waals surface area contributed by atoms with Gasteiger partial charge in [-0.2, -0.15) is 0 Å². The third kappa shape index (κ3) is 4.21. The van der Waals surface area contributed by atoms with E-state index >= 15 is 0 Å². The van der Waals surface area contributed by atoms with E-state index in [1.54, 1.807) is 0 Å². The van der Waals surface area contributed by atoms with Crippen molar-refractivity contribution < 1.29 is 9.47 Å². The lowest BCUT2D eigenvalue weighted by Crippen LogP contribution is -2.06. The predicted molar refractivity (Wildman–Crippen MR) is 103 cm³/mol. The highest BCUT2D eigenvalue weighted by Crippen LogP contribution is 2.28. The lowest BCUT2D eigenvalue weighted by Gasteiger charge is -2.13. The minimum absolute atomic E-state index is 0.153. The number of fused-ring (bicyclic) bond motifs is 1. The normalized spacial score (nSPS) is 10.9. The minimum atomic E-state index is 0.153. The molecule has 4 nitrogen and oxygen atoms in total. The van der Waals surface area contributed by atoms with Crippen molar-refractivity contribution >= 4 is 16.6 Å². The van der Waals surface area contributed by atoms with Gasteiger partial charge < -0.3 is 14.8 Å². The highest BCUT2D eigenvalue weighted by molar-refractivity contribution is 5.82. The van der Waals surface area contributed by atoms with E-state index in [0.29, 0.717) is 5.88 Å². The minimum Gasteiger partial charge on any atom is -0.491 e. The number of benzene rings is 2. The van der Waals surface area contributed by atoms with Gasteiger partial charge >= 0.3 is 0 Å². The molecule has 0 unspecified atom stereocenters. The maximum Gasteiger partial charge on any atom is 0.219 e. The standard InChI is InChI=1S/C21H24N2O2/c1-5-22-17-7-9-19-16(13-17)6-11-21(23-19)25-18-8-10-20(15(4)12-18)24-14(2)3/h6-14,22H,5H2,1-4H3. The molecule has 0 atom stereocenters. The number of hydrogen-bond acceptors (Lipinski definition) is 4. The number of aryl methyl sites for hydroxylation is 1. The average molecular weight is 336 g/mol. The monoisotopic (exact) mass is 336 g/mol. The molecule has 1 heterocycles. The van der Waals surface area contributed by atoms with E-state index < -0.39 is 0 Å². The van der Waals surface area contributed by atoms with Crippen LogP contribution in [0.5, 0.6) is 17.4 Å². The molecule has 2 aromatic carbocycles. The molecular formula is C21H24N2O2. The Bertz CT molecular complexity index is 875. The summed E-state index contributed by atoms with van der Waals surface area (Å²) in [6.45, 7) is 9.03. The van der Waals surface area contributed by atoms with Gasteiger partial charge in [0.25, 0.3) is 0 Å². The summed E-state index contributed by atoms with van der Waals surface area (Å²) in [5.41, 5.74) is 3.06. The first kappa shape index (κ1) is 17.1. The fraction of sp³-hybridized carbons (Fsp3) is 0.286. The van der Waals surface area contributed by atoms with Gasteiger partial charge in [-0.15, -0.1) is 0 Å². The van der Waals surface area contributed by atoms with Gasteiger partial charge in [0.05, 0.1) is 11.6 Å². The number of hydrogen-bond donors (Lipinski definition) is 1. The summed E-state index contributed by atoms with van der Waals surface area (Å²) in [6, 6.07) is 15.9. The van der Waals surface area contributed by atoms with E-state index in [0.717, 1.165) is 40.2 Å². The van der Waals surface area contributed by atoms with E-state index in [4.69, 9.17) is 9.47 Å². The molecule has 0 bridgehead atoms. The van der Waals surface area contributed by atoms with Crippen molar-refractivity contribution in [2.24, 2.45) is 0 Å². The van der Waals surface area contributed by atoms with Gasteiger partial charge in [-0.25, -0.2) is 4.98 Å². The number of anilines is 1. The molecule has 0 spiro atoms. The summed E-state index contributed by atoms with van der Waals surface area (Å²) in [5.74, 6) is 2.22. The van der Waals surface area contributed by atoms with Crippen molar-refractivity contribution in [1.29, 1.82) is 0 Å². The molecule has 0 aliphatic rings. The summed E-state index contributed by atoms with van der Waals surface area (Å²) in [7, 11) is 0. The van der Waals surface area contributed by atoms with Crippen molar-refractivity contribution in [3.05, 3.63) is 54.1 Å². The van der Waals surface area contributed by atoms with Crippen LogP contribution in [-0.4, -0.2) is 17.6 Å². The maximum atomic E-state index is 5.92. The van der Waals surface area contributed by atoms with Crippen LogP contribution < -0.4 is 14.8 Å². The van der Waals surface area contributed by atoms with E-state index in [2.05, 4.69) is 23.3 Å². The smallest absolute Gasteiger partial charge is 0.219 e. The van der Waals surface area contributed by atoms with Gasteiger partial charge in [0.2, 0.25) is 5.88 Å². The van der Waals surface area contributed by atoms with Crippen molar-refractivity contribution in [3.63, 3.8) is 0 Å². The van der Waals surface area contributed by atoms with Gasteiger partial charge in [-0.1, -0.05) is 0 Å². The van der Waals surface area contributed by atoms with E-state index in [1.807, 2.05) is 63.2 Å². The molecule has 0 aliphatic carbocycles. The third-order valence-corrected chi connectivity index (χ3v) is 3.78. The van der Waals surface area contributed by atoms with Crippen LogP contribution >= 0.6 is 0 Å². The Hall–Kier alpha value is -2.75. The molecule has 1 N–H and O–H groups in total. The summed E-state index contributed by atoms with van der Waals surface area (Å²) < 4.78 is 11.7. The molecular weight excluding hydrogens is 312 g/mol. The number of pyridine rings is 1. The molecule has 1 aromatic heterocycles. The first-order valence-electron chi connectivity index (χ1n) is 8.65. The van der Waals surface area contributed by atoms with Crippen LogP contribution in [-0.2, 0) is 0 Å². The molecule has 130 valence electrons. The quantitative estimate of drug-likeness (QED) is 0.640. The first-order chi connectivity index (χ1) is 12.0. The topological polar surface area (TPSA) is 43.4 Å². The highest BCUT2D eigenvalue weighted by atomic mass is 16.5. The Morgan fingerprint density at radius 2 is 1.88 bits per heavy atom. The van der Waals surface area contributed by atoms with Gasteiger partial charge in [0.15, 0.2) is 0 Å². The van der Waals surface area contributed by atoms with Crippen molar-refractivity contribution in [1.82, 2.24) is 4.98 Å². The zero-order valence-electron chi connectivity index (χ0n) is 15.2. The zero-order valence-corrected chi connectivity index (χ0v) is 15.2. The maximum absolute atomic E-state index is 5.92. The summed E-state index contributed by atoms with van der Waals surface area (Å²) >= 11 is 0. The van der Waals surface area contributed by atoms with Crippen LogP contribution in [0.1, 0.15) is 26.3 Å². The number of rotatable bonds is 6. The predicted octanol–water partition coefficient (Wildman–Crippen LogP) is 5.55.